The van der Waals surface area contributed by atoms with Crippen LogP contribution in [0.4, 0.5) is 0 Å². The lowest BCUT2D eigenvalue weighted by Crippen LogP contribution is -2.72. The van der Waals surface area contributed by atoms with Gasteiger partial charge in [0.2, 0.25) is 0 Å². The van der Waals surface area contributed by atoms with Crippen molar-refractivity contribution in [2.24, 2.45) is 50.2 Å². The van der Waals surface area contributed by atoms with Crippen molar-refractivity contribution >= 4 is 5.97 Å². The van der Waals surface area contributed by atoms with Crippen molar-refractivity contribution in [3.05, 3.63) is 23.3 Å². The average Bonchev–Trinajstić information content (AvgIpc) is 2.88. The third-order valence-corrected chi connectivity index (χ3v) is 14.3. The van der Waals surface area contributed by atoms with Crippen molar-refractivity contribution in [2.75, 3.05) is 6.61 Å². The molecule has 0 aromatic carbocycles. The molecule has 0 amide bonds. The van der Waals surface area contributed by atoms with E-state index in [-0.39, 0.29) is 40.3 Å². The summed E-state index contributed by atoms with van der Waals surface area (Å²) in [6.45, 7) is 18.9. The van der Waals surface area contributed by atoms with E-state index in [9.17, 15) is 25.2 Å². The summed E-state index contributed by atoms with van der Waals surface area (Å²) in [6, 6.07) is 0. The van der Waals surface area contributed by atoms with E-state index in [0.29, 0.717) is 30.3 Å². The Bertz CT molecular complexity index is 1140. The van der Waals surface area contributed by atoms with E-state index < -0.39 is 35.1 Å². The number of hydrogen-bond acceptors (Lipinski definition) is 6. The van der Waals surface area contributed by atoms with E-state index in [2.05, 4.69) is 40.7 Å². The first-order valence-corrected chi connectivity index (χ1v) is 16.1. The number of esters is 1. The second-order valence-corrected chi connectivity index (χ2v) is 16.6. The van der Waals surface area contributed by atoms with Gasteiger partial charge in [-0.25, -0.2) is 4.79 Å². The molecule has 5 aliphatic rings. The Hall–Kier alpha value is -1.21. The maximum Gasteiger partial charge on any atom is 0.333 e. The average molecular weight is 573 g/mol. The molecular formula is C35H56O6. The molecule has 232 valence electrons. The first-order valence-electron chi connectivity index (χ1n) is 16.1. The van der Waals surface area contributed by atoms with Crippen molar-refractivity contribution in [3.63, 3.8) is 0 Å². The van der Waals surface area contributed by atoms with Gasteiger partial charge in [-0.2, -0.15) is 0 Å². The van der Waals surface area contributed by atoms with Gasteiger partial charge in [0.25, 0.3) is 0 Å². The molecule has 0 bridgehead atoms. The monoisotopic (exact) mass is 572 g/mol. The molecule has 5 aliphatic carbocycles. The molecule has 11 atom stereocenters. The van der Waals surface area contributed by atoms with E-state index in [0.717, 1.165) is 32.1 Å². The first-order chi connectivity index (χ1) is 18.9. The number of aliphatic hydroxyl groups is 4. The Kier molecular flexibility index (Phi) is 7.34. The summed E-state index contributed by atoms with van der Waals surface area (Å²) in [5, 5.41) is 46.1. The van der Waals surface area contributed by atoms with Gasteiger partial charge < -0.3 is 25.2 Å². The summed E-state index contributed by atoms with van der Waals surface area (Å²) >= 11 is 0. The fourth-order valence-corrected chi connectivity index (χ4v) is 11.4. The molecule has 0 aromatic heterocycles. The predicted molar refractivity (Wildman–Crippen MR) is 160 cm³/mol. The summed E-state index contributed by atoms with van der Waals surface area (Å²) in [6.07, 6.45) is 6.77. The van der Waals surface area contributed by atoms with Gasteiger partial charge in [-0.05, 0) is 98.2 Å². The van der Waals surface area contributed by atoms with Crippen LogP contribution in [0.15, 0.2) is 23.3 Å². The van der Waals surface area contributed by atoms with Crippen molar-refractivity contribution in [2.45, 2.75) is 132 Å². The van der Waals surface area contributed by atoms with Gasteiger partial charge in [0.15, 0.2) is 0 Å². The summed E-state index contributed by atoms with van der Waals surface area (Å²) in [5.41, 5.74) is -0.416. The van der Waals surface area contributed by atoms with Crippen LogP contribution in [0.3, 0.4) is 0 Å². The summed E-state index contributed by atoms with van der Waals surface area (Å²) in [5.74, 6) is 0.162. The molecule has 0 radical (unpaired) electrons. The van der Waals surface area contributed by atoms with Crippen molar-refractivity contribution in [1.82, 2.24) is 0 Å². The van der Waals surface area contributed by atoms with Gasteiger partial charge in [0.1, 0.15) is 12.2 Å². The highest BCUT2D eigenvalue weighted by Crippen LogP contribution is 2.75. The van der Waals surface area contributed by atoms with Crippen LogP contribution >= 0.6 is 0 Å². The molecule has 4 fully saturated rings. The zero-order chi connectivity index (χ0) is 30.6. The van der Waals surface area contributed by atoms with Crippen LogP contribution in [0.2, 0.25) is 0 Å². The minimum Gasteiger partial charge on any atom is -0.456 e. The van der Waals surface area contributed by atoms with Crippen LogP contribution in [0.5, 0.6) is 0 Å². The Balaban J connectivity index is 1.58. The zero-order valence-electron chi connectivity index (χ0n) is 27.0. The molecule has 6 nitrogen and oxygen atoms in total. The number of carbonyl (C=O) groups is 1. The van der Waals surface area contributed by atoms with Crippen molar-refractivity contribution in [1.29, 1.82) is 0 Å². The van der Waals surface area contributed by atoms with Gasteiger partial charge in [-0.1, -0.05) is 66.2 Å². The maximum atomic E-state index is 12.8. The van der Waals surface area contributed by atoms with E-state index in [1.165, 1.54) is 5.57 Å². The molecule has 6 heteroatoms. The molecule has 4 saturated carbocycles. The molecule has 5 rings (SSSR count). The highest BCUT2D eigenvalue weighted by molar-refractivity contribution is 5.87. The third kappa shape index (κ3) is 3.92. The molecule has 0 saturated heterocycles. The first kappa shape index (κ1) is 31.2. The maximum absolute atomic E-state index is 12.8. The minimum absolute atomic E-state index is 0.0647. The highest BCUT2D eigenvalue weighted by atomic mass is 16.6. The Labute approximate surface area is 247 Å². The number of hydrogen-bond donors (Lipinski definition) is 4. The molecule has 4 N–H and O–H groups in total. The normalized spacial score (nSPS) is 50.4. The van der Waals surface area contributed by atoms with Gasteiger partial charge in [0.05, 0.1) is 24.2 Å². The number of allylic oxidation sites excluding steroid dienone is 3. The van der Waals surface area contributed by atoms with Crippen LogP contribution in [-0.4, -0.2) is 57.4 Å². The van der Waals surface area contributed by atoms with E-state index >= 15 is 0 Å². The second-order valence-electron chi connectivity index (χ2n) is 16.6. The summed E-state index contributed by atoms with van der Waals surface area (Å²) in [4.78, 5) is 12.8. The lowest BCUT2D eigenvalue weighted by molar-refractivity contribution is -0.260. The van der Waals surface area contributed by atoms with E-state index in [4.69, 9.17) is 4.74 Å². The zero-order valence-corrected chi connectivity index (χ0v) is 27.0. The SMILES string of the molecule is C/C=C(/C)C(=O)OC1[C@H](O)[C@]2(CO)[C@H](O)C[C@]3(C)C(=CC[C@@H]4[C@@]5(C)CC[C@H](O)C(C)(C)[C@@H]5CC[C@]43C)[C@@H]2CC1(C)C. The number of rotatable bonds is 3. The highest BCUT2D eigenvalue weighted by Gasteiger charge is 2.72. The molecular weight excluding hydrogens is 516 g/mol. The number of ether oxygens (including phenoxy) is 1. The topological polar surface area (TPSA) is 107 Å². The van der Waals surface area contributed by atoms with Gasteiger partial charge in [-0.15, -0.1) is 0 Å². The van der Waals surface area contributed by atoms with Gasteiger partial charge in [0, 0.05) is 11.0 Å². The van der Waals surface area contributed by atoms with Crippen molar-refractivity contribution < 1.29 is 30.0 Å². The molecule has 1 unspecified atom stereocenters. The summed E-state index contributed by atoms with van der Waals surface area (Å²) in [7, 11) is 0. The molecule has 0 aromatic rings. The molecule has 41 heavy (non-hydrogen) atoms. The standard InChI is InChI=1S/C35H56O6/c1-10-20(2)29(40)41-28-27(39)35(19-36)22(17-30(28,3)4)21-11-12-24-32(7)15-14-25(37)31(5,6)23(32)13-16-33(24,8)34(21,9)18-26(35)38/h10-11,22-28,36-39H,12-19H2,1-9H3/b20-10-/t22-,23-,24+,25-,26+,27-,28?,32-,33+,34+,35-/m0/s1. The largest absolute Gasteiger partial charge is 0.456 e. The molecule has 0 spiro atoms. The Morgan fingerprint density at radius 3 is 2.24 bits per heavy atom. The molecule has 0 heterocycles. The fraction of sp³-hybridized carbons (Fsp3) is 0.857. The fourth-order valence-electron chi connectivity index (χ4n) is 11.4. The predicted octanol–water partition coefficient (Wildman–Crippen LogP) is 5.57. The van der Waals surface area contributed by atoms with Crippen LogP contribution in [-0.2, 0) is 9.53 Å². The van der Waals surface area contributed by atoms with Gasteiger partial charge >= 0.3 is 5.97 Å². The molecule has 0 aliphatic heterocycles. The summed E-state index contributed by atoms with van der Waals surface area (Å²) < 4.78 is 5.94. The lowest BCUT2D eigenvalue weighted by atomic mass is 9.33. The van der Waals surface area contributed by atoms with Crippen molar-refractivity contribution in [3.8, 4) is 0 Å². The van der Waals surface area contributed by atoms with Crippen LogP contribution in [0, 0.1) is 50.2 Å². The second kappa shape index (κ2) is 9.64. The Morgan fingerprint density at radius 1 is 0.976 bits per heavy atom. The number of aliphatic hydroxyl groups excluding tert-OH is 4. The lowest BCUT2D eigenvalue weighted by Gasteiger charge is -2.72. The van der Waals surface area contributed by atoms with Crippen LogP contribution < -0.4 is 0 Å². The van der Waals surface area contributed by atoms with Crippen LogP contribution in [0.1, 0.15) is 107 Å². The van der Waals surface area contributed by atoms with Crippen LogP contribution in [0.25, 0.3) is 0 Å². The number of fused-ring (bicyclic) bond motifs is 7. The third-order valence-electron chi connectivity index (χ3n) is 14.3. The Morgan fingerprint density at radius 2 is 1.63 bits per heavy atom. The smallest absolute Gasteiger partial charge is 0.333 e. The van der Waals surface area contributed by atoms with E-state index in [1.807, 2.05) is 13.8 Å². The van der Waals surface area contributed by atoms with Gasteiger partial charge in [-0.3, -0.25) is 0 Å². The number of carbonyl (C=O) groups excluding carboxylic acids is 1. The quantitative estimate of drug-likeness (QED) is 0.200. The minimum atomic E-state index is -1.20. The van der Waals surface area contributed by atoms with E-state index in [1.54, 1.807) is 19.9 Å².